The van der Waals surface area contributed by atoms with Gasteiger partial charge in [0.25, 0.3) is 0 Å². The Kier molecular flexibility index (Phi) is 9.17. The van der Waals surface area contributed by atoms with Gasteiger partial charge in [0.1, 0.15) is 0 Å². The summed E-state index contributed by atoms with van der Waals surface area (Å²) in [6.45, 7) is 0. The smallest absolute Gasteiger partial charge is 0.0546 e. The fourth-order valence-electron chi connectivity index (χ4n) is 9.44. The van der Waals surface area contributed by atoms with Crippen LogP contribution in [0.3, 0.4) is 0 Å². The lowest BCUT2D eigenvalue weighted by Crippen LogP contribution is -2.12. The van der Waals surface area contributed by atoms with Gasteiger partial charge in [-0.1, -0.05) is 152 Å². The minimum Gasteiger partial charge on any atom is -0.310 e. The van der Waals surface area contributed by atoms with Crippen LogP contribution < -0.4 is 9.80 Å². The van der Waals surface area contributed by atoms with Crippen molar-refractivity contribution >= 4 is 66.4 Å². The third kappa shape index (κ3) is 6.47. The molecular formula is C58H44N2. The van der Waals surface area contributed by atoms with Gasteiger partial charge < -0.3 is 9.80 Å². The fourth-order valence-corrected chi connectivity index (χ4v) is 9.44. The Morgan fingerprint density at radius 1 is 0.250 bits per heavy atom. The maximum atomic E-state index is 2.54. The summed E-state index contributed by atoms with van der Waals surface area (Å²) >= 11 is 0. The van der Waals surface area contributed by atoms with Gasteiger partial charge in [0, 0.05) is 33.5 Å². The summed E-state index contributed by atoms with van der Waals surface area (Å²) in [5.74, 6) is 0. The number of para-hydroxylation sites is 2. The summed E-state index contributed by atoms with van der Waals surface area (Å²) in [6.07, 6.45) is 4.69. The molecule has 10 aromatic carbocycles. The highest BCUT2D eigenvalue weighted by Crippen LogP contribution is 2.48. The highest BCUT2D eigenvalue weighted by Gasteiger charge is 2.24. The lowest BCUT2D eigenvalue weighted by molar-refractivity contribution is 0.687. The summed E-state index contributed by atoms with van der Waals surface area (Å²) in [6, 6.07) is 80.2. The first kappa shape index (κ1) is 35.7. The van der Waals surface area contributed by atoms with Crippen molar-refractivity contribution in [1.29, 1.82) is 0 Å². The summed E-state index contributed by atoms with van der Waals surface area (Å²) in [7, 11) is 0. The van der Waals surface area contributed by atoms with Crippen LogP contribution in [0.25, 0.3) is 54.6 Å². The van der Waals surface area contributed by atoms with Crippen LogP contribution in [0, 0.1) is 0 Å². The van der Waals surface area contributed by atoms with Crippen molar-refractivity contribution < 1.29 is 0 Å². The Balaban J connectivity index is 1.17. The molecule has 0 fully saturated rings. The van der Waals surface area contributed by atoms with Crippen LogP contribution in [0.2, 0.25) is 0 Å². The van der Waals surface area contributed by atoms with Gasteiger partial charge in [-0.25, -0.2) is 0 Å². The normalized spacial score (nSPS) is 12.4. The standard InChI is InChI=1S/C58H44N2/c1-5-17-41(18-6-1)43-29-33-49(34-30-43)59(47-23-9-3-10-24-47)57-40-55-53-37-45-21-13-14-22-46(45)38-56(53)58(39-54(55)51-27-15-16-28-52(51)57)60(48-25-11-4-12-26-48)50-35-31-44(32-36-50)42-19-7-2-8-20-42/h1-12,15-20,23-40H,13-14,21-22H2. The van der Waals surface area contributed by atoms with E-state index in [1.165, 1.54) is 89.9 Å². The van der Waals surface area contributed by atoms with Crippen LogP contribution in [0.15, 0.2) is 218 Å². The number of rotatable bonds is 8. The second-order valence-corrected chi connectivity index (χ2v) is 16.0. The average molecular weight is 769 g/mol. The Morgan fingerprint density at radius 2 is 0.583 bits per heavy atom. The topological polar surface area (TPSA) is 6.48 Å². The molecule has 0 unspecified atom stereocenters. The van der Waals surface area contributed by atoms with Crippen LogP contribution in [0.5, 0.6) is 0 Å². The van der Waals surface area contributed by atoms with Crippen molar-refractivity contribution in [3.63, 3.8) is 0 Å². The number of benzene rings is 10. The van der Waals surface area contributed by atoms with Gasteiger partial charge in [0.05, 0.1) is 11.4 Å². The number of hydrogen-bond donors (Lipinski definition) is 0. The number of hydrogen-bond acceptors (Lipinski definition) is 2. The molecule has 0 aromatic heterocycles. The zero-order valence-electron chi connectivity index (χ0n) is 33.5. The second-order valence-electron chi connectivity index (χ2n) is 16.0. The van der Waals surface area contributed by atoms with Gasteiger partial charge in [-0.15, -0.1) is 0 Å². The van der Waals surface area contributed by atoms with Crippen molar-refractivity contribution in [2.24, 2.45) is 0 Å². The quantitative estimate of drug-likeness (QED) is 0.142. The van der Waals surface area contributed by atoms with Gasteiger partial charge in [-0.05, 0) is 147 Å². The molecule has 0 atom stereocenters. The molecule has 0 aliphatic heterocycles. The molecule has 0 saturated heterocycles. The third-order valence-electron chi connectivity index (χ3n) is 12.4. The van der Waals surface area contributed by atoms with Gasteiger partial charge in [0.2, 0.25) is 0 Å². The Morgan fingerprint density at radius 3 is 1.07 bits per heavy atom. The molecule has 10 aromatic rings. The zero-order chi connectivity index (χ0) is 39.8. The number of nitrogens with zero attached hydrogens (tertiary/aromatic N) is 2. The molecular weight excluding hydrogens is 725 g/mol. The molecule has 0 N–H and O–H groups in total. The van der Waals surface area contributed by atoms with Gasteiger partial charge >= 0.3 is 0 Å². The van der Waals surface area contributed by atoms with E-state index >= 15 is 0 Å². The zero-order valence-corrected chi connectivity index (χ0v) is 33.5. The Hall–Kier alpha value is -7.42. The van der Waals surface area contributed by atoms with Crippen molar-refractivity contribution in [1.82, 2.24) is 0 Å². The molecule has 0 amide bonds. The van der Waals surface area contributed by atoms with E-state index in [0.29, 0.717) is 0 Å². The monoisotopic (exact) mass is 768 g/mol. The van der Waals surface area contributed by atoms with Crippen LogP contribution in [0.4, 0.5) is 34.1 Å². The van der Waals surface area contributed by atoms with Gasteiger partial charge in [-0.2, -0.15) is 0 Å². The molecule has 1 aliphatic rings. The minimum atomic E-state index is 1.11. The Labute approximate surface area is 352 Å². The van der Waals surface area contributed by atoms with Crippen LogP contribution in [-0.4, -0.2) is 0 Å². The molecule has 2 nitrogen and oxygen atoms in total. The van der Waals surface area contributed by atoms with Crippen LogP contribution in [0.1, 0.15) is 24.0 Å². The maximum Gasteiger partial charge on any atom is 0.0546 e. The van der Waals surface area contributed by atoms with E-state index in [-0.39, 0.29) is 0 Å². The molecule has 0 radical (unpaired) electrons. The number of aryl methyl sites for hydroxylation is 2. The van der Waals surface area contributed by atoms with E-state index in [1.807, 2.05) is 0 Å². The fraction of sp³-hybridized carbons (Fsp3) is 0.0690. The van der Waals surface area contributed by atoms with Crippen LogP contribution >= 0.6 is 0 Å². The third-order valence-corrected chi connectivity index (χ3v) is 12.4. The molecule has 0 spiro atoms. The first-order valence-corrected chi connectivity index (χ1v) is 21.2. The predicted molar refractivity (Wildman–Crippen MR) is 256 cm³/mol. The minimum absolute atomic E-state index is 1.11. The molecule has 60 heavy (non-hydrogen) atoms. The second kappa shape index (κ2) is 15.4. The summed E-state index contributed by atoms with van der Waals surface area (Å²) in [5.41, 5.74) is 14.7. The number of anilines is 6. The maximum absolute atomic E-state index is 2.54. The lowest BCUT2D eigenvalue weighted by Gasteiger charge is -2.30. The largest absolute Gasteiger partial charge is 0.310 e. The van der Waals surface area contributed by atoms with E-state index in [0.717, 1.165) is 35.6 Å². The molecule has 0 saturated carbocycles. The molecule has 11 rings (SSSR count). The summed E-state index contributed by atoms with van der Waals surface area (Å²) in [4.78, 5) is 4.91. The van der Waals surface area contributed by atoms with Crippen molar-refractivity contribution in [3.8, 4) is 22.3 Å². The van der Waals surface area contributed by atoms with E-state index in [2.05, 4.69) is 228 Å². The lowest BCUT2D eigenvalue weighted by atomic mass is 9.86. The van der Waals surface area contributed by atoms with E-state index < -0.39 is 0 Å². The van der Waals surface area contributed by atoms with E-state index in [9.17, 15) is 0 Å². The molecule has 1 aliphatic carbocycles. The highest BCUT2D eigenvalue weighted by molar-refractivity contribution is 6.24. The first-order valence-electron chi connectivity index (χ1n) is 21.2. The number of fused-ring (bicyclic) bond motifs is 6. The van der Waals surface area contributed by atoms with Crippen LogP contribution in [-0.2, 0) is 12.8 Å². The average Bonchev–Trinajstić information content (AvgIpc) is 3.33. The van der Waals surface area contributed by atoms with Gasteiger partial charge in [0.15, 0.2) is 0 Å². The first-order chi connectivity index (χ1) is 29.8. The molecule has 0 heterocycles. The molecule has 2 heteroatoms. The molecule has 0 bridgehead atoms. The van der Waals surface area contributed by atoms with Crippen molar-refractivity contribution in [2.45, 2.75) is 25.7 Å². The highest BCUT2D eigenvalue weighted by atomic mass is 15.1. The summed E-state index contributed by atoms with van der Waals surface area (Å²) in [5, 5.41) is 7.54. The Bertz CT molecular complexity index is 3100. The van der Waals surface area contributed by atoms with E-state index in [1.54, 1.807) is 0 Å². The summed E-state index contributed by atoms with van der Waals surface area (Å²) < 4.78 is 0. The van der Waals surface area contributed by atoms with E-state index in [4.69, 9.17) is 0 Å². The van der Waals surface area contributed by atoms with Crippen molar-refractivity contribution in [3.05, 3.63) is 230 Å². The van der Waals surface area contributed by atoms with Crippen molar-refractivity contribution in [2.75, 3.05) is 9.80 Å². The van der Waals surface area contributed by atoms with Gasteiger partial charge in [-0.3, -0.25) is 0 Å². The predicted octanol–water partition coefficient (Wildman–Crippen LogP) is 16.3. The SMILES string of the molecule is c1ccc(-c2ccc(N(c3ccccc3)c3cc4c5cc6c(cc5c(N(c5ccccc5)c5ccc(-c7ccccc7)cc5)cc4c4ccccc34)CCCC6)cc2)cc1. The molecule has 286 valence electrons.